The van der Waals surface area contributed by atoms with Gasteiger partial charge in [0, 0.05) is 25.0 Å². The molecule has 138 valence electrons. The van der Waals surface area contributed by atoms with E-state index < -0.39 is 0 Å². The number of nitrogens with one attached hydrogen (secondary N) is 2. The lowest BCUT2D eigenvalue weighted by atomic mass is 10.1. The van der Waals surface area contributed by atoms with Crippen molar-refractivity contribution >= 4 is 17.3 Å². The van der Waals surface area contributed by atoms with E-state index in [1.54, 1.807) is 11.3 Å². The van der Waals surface area contributed by atoms with Gasteiger partial charge in [0.05, 0.1) is 0 Å². The minimum absolute atomic E-state index is 0.440. The van der Waals surface area contributed by atoms with Crippen LogP contribution in [0.2, 0.25) is 0 Å². The predicted octanol–water partition coefficient (Wildman–Crippen LogP) is 3.92. The SMILES string of the molecule is CCNC(=NCC(C)c1ccsc1)NC(C)CCCN(CC)CC. The molecule has 0 aliphatic heterocycles. The van der Waals surface area contributed by atoms with E-state index in [1.807, 2.05) is 0 Å². The van der Waals surface area contributed by atoms with Crippen LogP contribution in [-0.4, -0.2) is 49.6 Å². The van der Waals surface area contributed by atoms with E-state index in [0.29, 0.717) is 12.0 Å². The molecule has 0 aliphatic rings. The Morgan fingerprint density at radius 2 is 2.00 bits per heavy atom. The molecule has 0 fully saturated rings. The summed E-state index contributed by atoms with van der Waals surface area (Å²) in [6.45, 7) is 16.2. The fourth-order valence-corrected chi connectivity index (χ4v) is 3.46. The van der Waals surface area contributed by atoms with Crippen molar-refractivity contribution < 1.29 is 0 Å². The molecular weight excluding hydrogens is 316 g/mol. The van der Waals surface area contributed by atoms with Crippen LogP contribution in [0.15, 0.2) is 21.8 Å². The quantitative estimate of drug-likeness (QED) is 0.468. The van der Waals surface area contributed by atoms with Crippen LogP contribution in [0.25, 0.3) is 0 Å². The van der Waals surface area contributed by atoms with Crippen LogP contribution in [0.3, 0.4) is 0 Å². The second-order valence-corrected chi connectivity index (χ2v) is 7.17. The average molecular weight is 353 g/mol. The third kappa shape index (κ3) is 8.15. The van der Waals surface area contributed by atoms with Crippen LogP contribution >= 0.6 is 11.3 Å². The summed E-state index contributed by atoms with van der Waals surface area (Å²) in [6.07, 6.45) is 2.39. The van der Waals surface area contributed by atoms with Gasteiger partial charge < -0.3 is 15.5 Å². The first-order valence-electron chi connectivity index (χ1n) is 9.39. The predicted molar refractivity (Wildman–Crippen MR) is 108 cm³/mol. The molecule has 0 aliphatic carbocycles. The minimum Gasteiger partial charge on any atom is -0.357 e. The first kappa shape index (κ1) is 21.0. The van der Waals surface area contributed by atoms with Gasteiger partial charge in [-0.15, -0.1) is 0 Å². The Morgan fingerprint density at radius 1 is 1.25 bits per heavy atom. The Hall–Kier alpha value is -1.07. The number of rotatable bonds is 11. The maximum absolute atomic E-state index is 4.77. The summed E-state index contributed by atoms with van der Waals surface area (Å²) in [7, 11) is 0. The summed E-state index contributed by atoms with van der Waals surface area (Å²) in [5, 5.41) is 11.3. The molecule has 1 aromatic rings. The van der Waals surface area contributed by atoms with Crippen LogP contribution in [0.5, 0.6) is 0 Å². The number of aliphatic imine (C=N–C) groups is 1. The molecule has 0 radical (unpaired) electrons. The van der Waals surface area contributed by atoms with Gasteiger partial charge in [0.25, 0.3) is 0 Å². The molecule has 1 heterocycles. The topological polar surface area (TPSA) is 39.7 Å². The number of nitrogens with zero attached hydrogens (tertiary/aromatic N) is 2. The second kappa shape index (κ2) is 12.3. The van der Waals surface area contributed by atoms with E-state index in [2.05, 4.69) is 67.0 Å². The van der Waals surface area contributed by atoms with Crippen molar-refractivity contribution in [2.75, 3.05) is 32.7 Å². The van der Waals surface area contributed by atoms with E-state index in [1.165, 1.54) is 24.9 Å². The normalized spacial score (nSPS) is 14.7. The van der Waals surface area contributed by atoms with Gasteiger partial charge >= 0.3 is 0 Å². The average Bonchev–Trinajstić information content (AvgIpc) is 3.11. The zero-order valence-corrected chi connectivity index (χ0v) is 17.0. The van der Waals surface area contributed by atoms with Crippen molar-refractivity contribution in [1.82, 2.24) is 15.5 Å². The largest absolute Gasteiger partial charge is 0.357 e. The Labute approximate surface area is 152 Å². The number of hydrogen-bond acceptors (Lipinski definition) is 3. The van der Waals surface area contributed by atoms with Crippen molar-refractivity contribution in [3.05, 3.63) is 22.4 Å². The minimum atomic E-state index is 0.440. The molecule has 0 spiro atoms. The van der Waals surface area contributed by atoms with Gasteiger partial charge in [-0.1, -0.05) is 20.8 Å². The summed E-state index contributed by atoms with van der Waals surface area (Å²) in [4.78, 5) is 7.25. The maximum atomic E-state index is 4.77. The molecule has 1 aromatic heterocycles. The van der Waals surface area contributed by atoms with Crippen molar-refractivity contribution in [2.24, 2.45) is 4.99 Å². The first-order valence-corrected chi connectivity index (χ1v) is 10.3. The third-order valence-electron chi connectivity index (χ3n) is 4.37. The Balaban J connectivity index is 2.41. The van der Waals surface area contributed by atoms with Gasteiger partial charge in [-0.2, -0.15) is 11.3 Å². The molecule has 0 aromatic carbocycles. The molecule has 2 N–H and O–H groups in total. The van der Waals surface area contributed by atoms with E-state index >= 15 is 0 Å². The van der Waals surface area contributed by atoms with Gasteiger partial charge in [0.2, 0.25) is 0 Å². The fourth-order valence-electron chi connectivity index (χ4n) is 2.68. The van der Waals surface area contributed by atoms with Crippen LogP contribution in [0.4, 0.5) is 0 Å². The van der Waals surface area contributed by atoms with Crippen molar-refractivity contribution in [3.63, 3.8) is 0 Å². The standard InChI is InChI=1S/C19H36N4S/c1-6-20-19(21-14-16(4)18-11-13-24-15-18)22-17(5)10-9-12-23(7-2)8-3/h11,13,15-17H,6-10,12,14H2,1-5H3,(H2,20,21,22). The van der Waals surface area contributed by atoms with E-state index in [9.17, 15) is 0 Å². The van der Waals surface area contributed by atoms with Crippen LogP contribution in [-0.2, 0) is 0 Å². The van der Waals surface area contributed by atoms with Gasteiger partial charge in [-0.3, -0.25) is 4.99 Å². The lowest BCUT2D eigenvalue weighted by molar-refractivity contribution is 0.292. The van der Waals surface area contributed by atoms with Crippen molar-refractivity contribution in [2.45, 2.75) is 59.4 Å². The van der Waals surface area contributed by atoms with E-state index in [4.69, 9.17) is 4.99 Å². The number of thiophene rings is 1. The summed E-state index contributed by atoms with van der Waals surface area (Å²) in [6, 6.07) is 2.64. The molecule has 0 saturated heterocycles. The summed E-state index contributed by atoms with van der Waals surface area (Å²) >= 11 is 1.75. The smallest absolute Gasteiger partial charge is 0.191 e. The lowest BCUT2D eigenvalue weighted by Gasteiger charge is -2.21. The zero-order chi connectivity index (χ0) is 17.8. The Morgan fingerprint density at radius 3 is 2.58 bits per heavy atom. The molecule has 1 rings (SSSR count). The summed E-state index contributed by atoms with van der Waals surface area (Å²) in [5.74, 6) is 1.40. The monoisotopic (exact) mass is 352 g/mol. The highest BCUT2D eigenvalue weighted by atomic mass is 32.1. The number of guanidine groups is 1. The highest BCUT2D eigenvalue weighted by Crippen LogP contribution is 2.18. The molecule has 0 bridgehead atoms. The zero-order valence-electron chi connectivity index (χ0n) is 16.1. The van der Waals surface area contributed by atoms with Crippen LogP contribution in [0.1, 0.15) is 58.9 Å². The summed E-state index contributed by atoms with van der Waals surface area (Å²) < 4.78 is 0. The molecule has 0 amide bonds. The number of hydrogen-bond donors (Lipinski definition) is 2. The first-order chi connectivity index (χ1) is 11.6. The van der Waals surface area contributed by atoms with Crippen LogP contribution < -0.4 is 10.6 Å². The van der Waals surface area contributed by atoms with Gasteiger partial charge in [0.15, 0.2) is 5.96 Å². The Bertz CT molecular complexity index is 440. The second-order valence-electron chi connectivity index (χ2n) is 6.39. The lowest BCUT2D eigenvalue weighted by Crippen LogP contribution is -2.42. The van der Waals surface area contributed by atoms with Gasteiger partial charge in [-0.25, -0.2) is 0 Å². The highest BCUT2D eigenvalue weighted by Gasteiger charge is 2.09. The van der Waals surface area contributed by atoms with E-state index in [-0.39, 0.29) is 0 Å². The molecule has 4 nitrogen and oxygen atoms in total. The Kier molecular flexibility index (Phi) is 10.8. The van der Waals surface area contributed by atoms with Crippen LogP contribution in [0, 0.1) is 0 Å². The third-order valence-corrected chi connectivity index (χ3v) is 5.07. The molecule has 2 atom stereocenters. The van der Waals surface area contributed by atoms with Gasteiger partial charge in [0.1, 0.15) is 0 Å². The van der Waals surface area contributed by atoms with Crippen molar-refractivity contribution in [1.29, 1.82) is 0 Å². The molecule has 0 saturated carbocycles. The fraction of sp³-hybridized carbons (Fsp3) is 0.737. The summed E-state index contributed by atoms with van der Waals surface area (Å²) in [5.41, 5.74) is 1.38. The molecular formula is C19H36N4S. The highest BCUT2D eigenvalue weighted by molar-refractivity contribution is 7.07. The van der Waals surface area contributed by atoms with Crippen molar-refractivity contribution in [3.8, 4) is 0 Å². The molecule has 24 heavy (non-hydrogen) atoms. The molecule has 2 unspecified atom stereocenters. The van der Waals surface area contributed by atoms with E-state index in [0.717, 1.165) is 32.1 Å². The molecule has 5 heteroatoms. The maximum Gasteiger partial charge on any atom is 0.191 e. The van der Waals surface area contributed by atoms with Gasteiger partial charge in [-0.05, 0) is 68.7 Å².